The Bertz CT molecular complexity index is 646. The number of nitrogens with one attached hydrogen (secondary N) is 1. The van der Waals surface area contributed by atoms with Crippen LogP contribution in [0, 0.1) is 0 Å². The topological polar surface area (TPSA) is 46.9 Å². The third-order valence-electron chi connectivity index (χ3n) is 3.30. The SMILES string of the molecule is CC(C)=CCSc1ccccc1C(=O)NCCCn1ccnc1. The molecule has 1 aromatic carbocycles. The molecule has 1 aromatic heterocycles. The summed E-state index contributed by atoms with van der Waals surface area (Å²) in [6, 6.07) is 7.77. The summed E-state index contributed by atoms with van der Waals surface area (Å²) in [6.07, 6.45) is 8.53. The predicted molar refractivity (Wildman–Crippen MR) is 95.8 cm³/mol. The first-order valence-corrected chi connectivity index (χ1v) is 8.74. The summed E-state index contributed by atoms with van der Waals surface area (Å²) in [7, 11) is 0. The maximum Gasteiger partial charge on any atom is 0.252 e. The highest BCUT2D eigenvalue weighted by Gasteiger charge is 2.10. The monoisotopic (exact) mass is 329 g/mol. The van der Waals surface area contributed by atoms with E-state index in [1.54, 1.807) is 24.3 Å². The molecule has 0 bridgehead atoms. The fraction of sp³-hybridized carbons (Fsp3) is 0.333. The number of thioether (sulfide) groups is 1. The van der Waals surface area contributed by atoms with Crippen molar-refractivity contribution in [1.82, 2.24) is 14.9 Å². The third-order valence-corrected chi connectivity index (χ3v) is 4.30. The summed E-state index contributed by atoms with van der Waals surface area (Å²) in [5, 5.41) is 3.00. The quantitative estimate of drug-likeness (QED) is 0.456. The summed E-state index contributed by atoms with van der Waals surface area (Å²) < 4.78 is 2.01. The number of imidazole rings is 1. The second-order valence-corrected chi connectivity index (χ2v) is 6.56. The Morgan fingerprint density at radius 1 is 1.35 bits per heavy atom. The molecule has 5 heteroatoms. The van der Waals surface area contributed by atoms with Crippen LogP contribution >= 0.6 is 11.8 Å². The first-order valence-electron chi connectivity index (χ1n) is 7.76. The molecule has 23 heavy (non-hydrogen) atoms. The van der Waals surface area contributed by atoms with Crippen LogP contribution in [0.1, 0.15) is 30.6 Å². The highest BCUT2D eigenvalue weighted by molar-refractivity contribution is 7.99. The molecule has 2 rings (SSSR count). The largest absolute Gasteiger partial charge is 0.352 e. The maximum atomic E-state index is 12.4. The average molecular weight is 329 g/mol. The van der Waals surface area contributed by atoms with Gasteiger partial charge >= 0.3 is 0 Å². The van der Waals surface area contributed by atoms with Gasteiger partial charge in [0, 0.05) is 36.1 Å². The van der Waals surface area contributed by atoms with Gasteiger partial charge in [-0.05, 0) is 32.4 Å². The van der Waals surface area contributed by atoms with Gasteiger partial charge in [-0.25, -0.2) is 4.98 Å². The Hall–Kier alpha value is -2.01. The lowest BCUT2D eigenvalue weighted by atomic mass is 10.2. The van der Waals surface area contributed by atoms with Gasteiger partial charge in [0.1, 0.15) is 0 Å². The minimum Gasteiger partial charge on any atom is -0.352 e. The van der Waals surface area contributed by atoms with Crippen molar-refractivity contribution in [3.63, 3.8) is 0 Å². The molecule has 0 unspecified atom stereocenters. The van der Waals surface area contributed by atoms with Crippen LogP contribution < -0.4 is 5.32 Å². The van der Waals surface area contributed by atoms with Crippen LogP contribution in [0.2, 0.25) is 0 Å². The number of nitrogens with zero attached hydrogens (tertiary/aromatic N) is 2. The van der Waals surface area contributed by atoms with E-state index >= 15 is 0 Å². The zero-order valence-corrected chi connectivity index (χ0v) is 14.5. The minimum absolute atomic E-state index is 0.00377. The van der Waals surface area contributed by atoms with Crippen LogP contribution in [0.4, 0.5) is 0 Å². The number of amides is 1. The van der Waals surface area contributed by atoms with Crippen molar-refractivity contribution < 1.29 is 4.79 Å². The van der Waals surface area contributed by atoms with E-state index in [4.69, 9.17) is 0 Å². The van der Waals surface area contributed by atoms with Gasteiger partial charge in [0.2, 0.25) is 0 Å². The van der Waals surface area contributed by atoms with Crippen LogP contribution in [0.25, 0.3) is 0 Å². The number of carbonyl (C=O) groups is 1. The van der Waals surface area contributed by atoms with Gasteiger partial charge in [0.15, 0.2) is 0 Å². The van der Waals surface area contributed by atoms with Crippen molar-refractivity contribution >= 4 is 17.7 Å². The molecule has 0 spiro atoms. The number of aryl methyl sites for hydroxylation is 1. The van der Waals surface area contributed by atoms with Crippen molar-refractivity contribution in [2.45, 2.75) is 31.7 Å². The Morgan fingerprint density at radius 3 is 2.91 bits per heavy atom. The Kier molecular flexibility index (Phi) is 6.94. The van der Waals surface area contributed by atoms with Gasteiger partial charge in [0.05, 0.1) is 11.9 Å². The molecule has 1 amide bonds. The zero-order chi connectivity index (χ0) is 16.5. The predicted octanol–water partition coefficient (Wildman–Crippen LogP) is 3.76. The molecule has 1 N–H and O–H groups in total. The third kappa shape index (κ3) is 5.94. The maximum absolute atomic E-state index is 12.4. The molecule has 0 saturated carbocycles. The second-order valence-electron chi connectivity index (χ2n) is 5.50. The lowest BCUT2D eigenvalue weighted by molar-refractivity contribution is 0.0950. The summed E-state index contributed by atoms with van der Waals surface area (Å²) in [4.78, 5) is 17.4. The number of hydrogen-bond donors (Lipinski definition) is 1. The van der Waals surface area contributed by atoms with Crippen molar-refractivity contribution in [2.75, 3.05) is 12.3 Å². The summed E-state index contributed by atoms with van der Waals surface area (Å²) in [5.74, 6) is 0.878. The number of allylic oxidation sites excluding steroid dienone is 1. The van der Waals surface area contributed by atoms with E-state index in [-0.39, 0.29) is 5.91 Å². The first-order chi connectivity index (χ1) is 11.2. The van der Waals surface area contributed by atoms with Crippen LogP contribution in [0.5, 0.6) is 0 Å². The van der Waals surface area contributed by atoms with E-state index in [1.165, 1.54) is 5.57 Å². The van der Waals surface area contributed by atoms with Gasteiger partial charge < -0.3 is 9.88 Å². The van der Waals surface area contributed by atoms with Gasteiger partial charge in [-0.15, -0.1) is 11.8 Å². The molecule has 0 radical (unpaired) electrons. The van der Waals surface area contributed by atoms with Gasteiger partial charge in [-0.1, -0.05) is 23.8 Å². The fourth-order valence-electron chi connectivity index (χ4n) is 2.06. The van der Waals surface area contributed by atoms with Crippen LogP contribution in [0.15, 0.2) is 59.5 Å². The fourth-order valence-corrected chi connectivity index (χ4v) is 3.14. The highest BCUT2D eigenvalue weighted by Crippen LogP contribution is 2.23. The number of aromatic nitrogens is 2. The van der Waals surface area contributed by atoms with E-state index in [9.17, 15) is 4.79 Å². The zero-order valence-electron chi connectivity index (χ0n) is 13.7. The molecule has 0 aliphatic rings. The molecule has 2 aromatic rings. The molecule has 0 aliphatic carbocycles. The number of carbonyl (C=O) groups excluding carboxylic acids is 1. The van der Waals surface area contributed by atoms with E-state index in [0.29, 0.717) is 6.54 Å². The van der Waals surface area contributed by atoms with Gasteiger partial charge in [0.25, 0.3) is 5.91 Å². The number of benzene rings is 1. The first kappa shape index (κ1) is 17.3. The van der Waals surface area contributed by atoms with Crippen molar-refractivity contribution in [2.24, 2.45) is 0 Å². The molecule has 122 valence electrons. The van der Waals surface area contributed by atoms with Crippen LogP contribution in [0.3, 0.4) is 0 Å². The molecule has 1 heterocycles. The second kappa shape index (κ2) is 9.20. The summed E-state index contributed by atoms with van der Waals surface area (Å²) in [6.45, 7) is 5.68. The molecule has 0 atom stereocenters. The van der Waals surface area contributed by atoms with Crippen LogP contribution in [-0.2, 0) is 6.54 Å². The van der Waals surface area contributed by atoms with E-state index < -0.39 is 0 Å². The molecule has 0 aliphatic heterocycles. The number of rotatable bonds is 8. The Balaban J connectivity index is 1.84. The minimum atomic E-state index is -0.00377. The molecular formula is C18H23N3OS. The molecular weight excluding hydrogens is 306 g/mol. The van der Waals surface area contributed by atoms with Crippen LogP contribution in [-0.4, -0.2) is 27.8 Å². The average Bonchev–Trinajstić information content (AvgIpc) is 3.05. The highest BCUT2D eigenvalue weighted by atomic mass is 32.2. The lowest BCUT2D eigenvalue weighted by Gasteiger charge is -2.09. The summed E-state index contributed by atoms with van der Waals surface area (Å²) in [5.41, 5.74) is 2.04. The van der Waals surface area contributed by atoms with Crippen molar-refractivity contribution in [3.8, 4) is 0 Å². The normalized spacial score (nSPS) is 10.3. The van der Waals surface area contributed by atoms with E-state index in [1.807, 2.05) is 35.0 Å². The Morgan fingerprint density at radius 2 is 2.17 bits per heavy atom. The summed E-state index contributed by atoms with van der Waals surface area (Å²) >= 11 is 1.69. The molecule has 0 saturated heterocycles. The molecule has 4 nitrogen and oxygen atoms in total. The van der Waals surface area contributed by atoms with Gasteiger partial charge in [-0.2, -0.15) is 0 Å². The lowest BCUT2D eigenvalue weighted by Crippen LogP contribution is -2.25. The Labute approximate surface area is 142 Å². The van der Waals surface area contributed by atoms with Crippen molar-refractivity contribution in [3.05, 3.63) is 60.2 Å². The standard InChI is InChI=1S/C18H23N3OS/c1-15(2)8-13-23-17-7-4-3-6-16(17)18(22)20-9-5-11-21-12-10-19-14-21/h3-4,6-8,10,12,14H,5,9,11,13H2,1-2H3,(H,20,22). The van der Waals surface area contributed by atoms with E-state index in [0.717, 1.165) is 29.2 Å². The smallest absolute Gasteiger partial charge is 0.252 e. The van der Waals surface area contributed by atoms with Crippen molar-refractivity contribution in [1.29, 1.82) is 0 Å². The molecule has 0 fully saturated rings. The number of hydrogen-bond acceptors (Lipinski definition) is 3. The van der Waals surface area contributed by atoms with Gasteiger partial charge in [-0.3, -0.25) is 4.79 Å². The van der Waals surface area contributed by atoms with E-state index in [2.05, 4.69) is 30.2 Å².